The van der Waals surface area contributed by atoms with Crippen LogP contribution < -0.4 is 10.7 Å². The van der Waals surface area contributed by atoms with Crippen molar-refractivity contribution in [1.82, 2.24) is 5.43 Å². The molecule has 0 aliphatic carbocycles. The van der Waals surface area contributed by atoms with E-state index in [9.17, 15) is 9.59 Å². The minimum absolute atomic E-state index is 0.278. The quantitative estimate of drug-likeness (QED) is 0.184. The molecule has 0 unspecified atom stereocenters. The molecule has 5 aromatic carbocycles. The number of hydrazone groups is 1. The van der Waals surface area contributed by atoms with Crippen molar-refractivity contribution in [1.29, 1.82) is 0 Å². The minimum Gasteiger partial charge on any atom is -0.321 e. The highest BCUT2D eigenvalue weighted by atomic mass is 16.2. The Bertz CT molecular complexity index is 1550. The number of nitrogens with one attached hydrogen (secondary N) is 2. The summed E-state index contributed by atoms with van der Waals surface area (Å²) in [5, 5.41) is 11.4. The van der Waals surface area contributed by atoms with Crippen LogP contribution in [0.3, 0.4) is 0 Å². The fourth-order valence-electron chi connectivity index (χ4n) is 4.17. The first kappa shape index (κ1) is 22.0. The van der Waals surface area contributed by atoms with Crippen LogP contribution in [-0.4, -0.2) is 18.0 Å². The lowest BCUT2D eigenvalue weighted by Gasteiger charge is -2.11. The maximum atomic E-state index is 13.0. The van der Waals surface area contributed by atoms with Gasteiger partial charge in [-0.15, -0.1) is 0 Å². The van der Waals surface area contributed by atoms with Gasteiger partial charge in [-0.25, -0.2) is 5.43 Å². The van der Waals surface area contributed by atoms with E-state index >= 15 is 0 Å². The summed E-state index contributed by atoms with van der Waals surface area (Å²) in [5.74, 6) is -0.689. The average molecular weight is 458 g/mol. The smallest absolute Gasteiger partial charge is 0.273 e. The van der Waals surface area contributed by atoms with Gasteiger partial charge in [0.05, 0.1) is 17.5 Å². The van der Waals surface area contributed by atoms with Gasteiger partial charge in [-0.1, -0.05) is 78.4 Å². The third-order valence-corrected chi connectivity index (χ3v) is 5.87. The molecule has 0 saturated carbocycles. The van der Waals surface area contributed by atoms with E-state index in [1.807, 2.05) is 55.5 Å². The number of rotatable bonds is 5. The van der Waals surface area contributed by atoms with Gasteiger partial charge in [0.15, 0.2) is 0 Å². The molecule has 0 aliphatic rings. The summed E-state index contributed by atoms with van der Waals surface area (Å²) in [5.41, 5.74) is 5.81. The molecular weight excluding hydrogens is 434 g/mol. The van der Waals surface area contributed by atoms with Gasteiger partial charge in [0, 0.05) is 11.1 Å². The van der Waals surface area contributed by atoms with Gasteiger partial charge in [-0.3, -0.25) is 9.59 Å². The van der Waals surface area contributed by atoms with Crippen LogP contribution >= 0.6 is 0 Å². The maximum Gasteiger partial charge on any atom is 0.273 e. The van der Waals surface area contributed by atoms with Gasteiger partial charge >= 0.3 is 0 Å². The summed E-state index contributed by atoms with van der Waals surface area (Å²) in [7, 11) is 0. The lowest BCUT2D eigenvalue weighted by Crippen LogP contribution is -2.21. The van der Waals surface area contributed by atoms with Crippen LogP contribution in [-0.2, 0) is 0 Å². The van der Waals surface area contributed by atoms with Gasteiger partial charge in [0.25, 0.3) is 11.8 Å². The Morgan fingerprint density at radius 1 is 0.714 bits per heavy atom. The van der Waals surface area contributed by atoms with Crippen LogP contribution in [0.4, 0.5) is 5.69 Å². The number of hydrogen-bond acceptors (Lipinski definition) is 3. The van der Waals surface area contributed by atoms with Crippen LogP contribution in [0.1, 0.15) is 31.8 Å². The van der Waals surface area contributed by atoms with Crippen molar-refractivity contribution in [3.05, 3.63) is 125 Å². The van der Waals surface area contributed by atoms with Gasteiger partial charge in [0.2, 0.25) is 0 Å². The Morgan fingerprint density at radius 2 is 1.37 bits per heavy atom. The normalized spacial score (nSPS) is 11.1. The van der Waals surface area contributed by atoms with E-state index in [0.717, 1.165) is 32.7 Å². The monoisotopic (exact) mass is 457 g/mol. The van der Waals surface area contributed by atoms with E-state index in [4.69, 9.17) is 0 Å². The second-order valence-corrected chi connectivity index (χ2v) is 8.30. The lowest BCUT2D eigenvalue weighted by molar-refractivity contribution is 0.0956. The van der Waals surface area contributed by atoms with Gasteiger partial charge < -0.3 is 5.32 Å². The molecule has 0 aliphatic heterocycles. The topological polar surface area (TPSA) is 70.6 Å². The number of carbonyl (C=O) groups excluding carboxylic acids is 2. The lowest BCUT2D eigenvalue weighted by atomic mass is 9.97. The average Bonchev–Trinajstić information content (AvgIpc) is 2.88. The van der Waals surface area contributed by atoms with Crippen molar-refractivity contribution in [2.75, 3.05) is 5.32 Å². The van der Waals surface area contributed by atoms with E-state index in [1.54, 1.807) is 42.6 Å². The number of amides is 2. The second kappa shape index (κ2) is 9.61. The third-order valence-electron chi connectivity index (χ3n) is 5.87. The highest BCUT2D eigenvalue weighted by Crippen LogP contribution is 2.27. The summed E-state index contributed by atoms with van der Waals surface area (Å²) >= 11 is 0. The van der Waals surface area contributed by atoms with Gasteiger partial charge in [0.1, 0.15) is 0 Å². The molecule has 0 bridgehead atoms. The summed E-state index contributed by atoms with van der Waals surface area (Å²) in [6.07, 6.45) is 1.68. The van der Waals surface area contributed by atoms with Gasteiger partial charge in [-0.2, -0.15) is 5.10 Å². The highest BCUT2D eigenvalue weighted by molar-refractivity contribution is 6.14. The first-order valence-electron chi connectivity index (χ1n) is 11.3. The third kappa shape index (κ3) is 4.66. The molecular formula is C30H23N3O2. The molecule has 5 rings (SSSR count). The molecule has 0 heterocycles. The fourth-order valence-corrected chi connectivity index (χ4v) is 4.17. The van der Waals surface area contributed by atoms with Crippen LogP contribution in [0.25, 0.3) is 21.5 Å². The second-order valence-electron chi connectivity index (χ2n) is 8.30. The van der Waals surface area contributed by atoms with Crippen LogP contribution in [0.5, 0.6) is 0 Å². The van der Waals surface area contributed by atoms with E-state index in [-0.39, 0.29) is 5.91 Å². The van der Waals surface area contributed by atoms with Crippen molar-refractivity contribution < 1.29 is 9.59 Å². The Kier molecular flexibility index (Phi) is 6.05. The van der Waals surface area contributed by atoms with Crippen molar-refractivity contribution in [2.45, 2.75) is 6.92 Å². The zero-order chi connectivity index (χ0) is 24.2. The highest BCUT2D eigenvalue weighted by Gasteiger charge is 2.14. The number of anilines is 1. The molecule has 0 fully saturated rings. The number of hydrogen-bond donors (Lipinski definition) is 2. The Labute approximate surface area is 203 Å². The molecule has 2 N–H and O–H groups in total. The number of nitrogens with zero attached hydrogens (tertiary/aromatic N) is 1. The van der Waals surface area contributed by atoms with Crippen LogP contribution in [0.2, 0.25) is 0 Å². The fraction of sp³-hybridized carbons (Fsp3) is 0.0333. The van der Waals surface area contributed by atoms with Crippen molar-refractivity contribution >= 4 is 45.3 Å². The summed E-state index contributed by atoms with van der Waals surface area (Å²) in [4.78, 5) is 25.7. The SMILES string of the molecule is Cc1cccc(C(=O)Nc2ccccc2C(=O)N/N=C\c2c3ccccc3cc3ccccc23)c1. The molecule has 35 heavy (non-hydrogen) atoms. The molecule has 0 saturated heterocycles. The molecule has 0 aromatic heterocycles. The van der Waals surface area contributed by atoms with E-state index in [0.29, 0.717) is 16.8 Å². The van der Waals surface area contributed by atoms with E-state index in [2.05, 4.69) is 34.0 Å². The molecule has 170 valence electrons. The molecule has 0 radical (unpaired) electrons. The largest absolute Gasteiger partial charge is 0.321 e. The van der Waals surface area contributed by atoms with Crippen LogP contribution in [0, 0.1) is 6.92 Å². The number of carbonyl (C=O) groups is 2. The minimum atomic E-state index is -0.411. The van der Waals surface area contributed by atoms with Gasteiger partial charge in [-0.05, 0) is 58.8 Å². The number of aryl methyl sites for hydroxylation is 1. The van der Waals surface area contributed by atoms with Crippen LogP contribution in [0.15, 0.2) is 108 Å². The van der Waals surface area contributed by atoms with E-state index < -0.39 is 5.91 Å². The molecule has 5 heteroatoms. The molecule has 2 amide bonds. The zero-order valence-corrected chi connectivity index (χ0v) is 19.2. The molecule has 5 aromatic rings. The Hall–Kier alpha value is -4.77. The summed E-state index contributed by atoms with van der Waals surface area (Å²) in [6.45, 7) is 1.93. The molecule has 0 spiro atoms. The molecule has 5 nitrogen and oxygen atoms in total. The van der Waals surface area contributed by atoms with E-state index in [1.165, 1.54) is 0 Å². The predicted octanol–water partition coefficient (Wildman–Crippen LogP) is 6.32. The Morgan fingerprint density at radius 3 is 2.09 bits per heavy atom. The predicted molar refractivity (Wildman–Crippen MR) is 142 cm³/mol. The number of fused-ring (bicyclic) bond motifs is 2. The zero-order valence-electron chi connectivity index (χ0n) is 19.2. The van der Waals surface area contributed by atoms with Crippen molar-refractivity contribution in [3.63, 3.8) is 0 Å². The number of benzene rings is 5. The first-order chi connectivity index (χ1) is 17.1. The van der Waals surface area contributed by atoms with Crippen molar-refractivity contribution in [3.8, 4) is 0 Å². The Balaban J connectivity index is 1.40. The standard InChI is InChI=1S/C30H23N3O2/c1-20-9-8-12-23(17-20)29(34)32-28-16-7-6-15-26(28)30(35)33-31-19-27-24-13-4-2-10-21(24)18-22-11-3-5-14-25(22)27/h2-19H,1H3,(H,32,34)(H,33,35)/b31-19-. The summed E-state index contributed by atoms with van der Waals surface area (Å²) < 4.78 is 0. The maximum absolute atomic E-state index is 13.0. The van der Waals surface area contributed by atoms with Crippen molar-refractivity contribution in [2.24, 2.45) is 5.10 Å². The first-order valence-corrected chi connectivity index (χ1v) is 11.3. The molecule has 0 atom stereocenters. The summed E-state index contributed by atoms with van der Waals surface area (Å²) in [6, 6.07) is 32.5. The number of para-hydroxylation sites is 1.